The van der Waals surface area contributed by atoms with E-state index in [1.807, 2.05) is 24.5 Å². The minimum atomic E-state index is 0.488. The molecule has 166 valence electrons. The molecular weight excluding hydrogens is 402 g/mol. The van der Waals surface area contributed by atoms with Crippen molar-refractivity contribution in [1.29, 1.82) is 0 Å². The van der Waals surface area contributed by atoms with E-state index >= 15 is 0 Å². The van der Waals surface area contributed by atoms with Crippen molar-refractivity contribution in [3.63, 3.8) is 0 Å². The van der Waals surface area contributed by atoms with Gasteiger partial charge in [-0.15, -0.1) is 0 Å². The van der Waals surface area contributed by atoms with Crippen LogP contribution in [0.2, 0.25) is 0 Å². The second-order valence-electron chi connectivity index (χ2n) is 8.62. The monoisotopic (exact) mass is 431 g/mol. The molecule has 0 saturated carbocycles. The number of imidazole rings is 1. The van der Waals surface area contributed by atoms with Crippen molar-refractivity contribution in [1.82, 2.24) is 24.3 Å². The predicted octanol–water partition coefficient (Wildman–Crippen LogP) is 4.17. The maximum atomic E-state index is 5.77. The van der Waals surface area contributed by atoms with E-state index in [1.165, 1.54) is 5.56 Å². The fourth-order valence-electron chi connectivity index (χ4n) is 4.36. The van der Waals surface area contributed by atoms with Crippen LogP contribution in [0.25, 0.3) is 27.9 Å². The highest BCUT2D eigenvalue weighted by Crippen LogP contribution is 2.33. The van der Waals surface area contributed by atoms with Crippen LogP contribution in [0.1, 0.15) is 30.7 Å². The first-order chi connectivity index (χ1) is 15.7. The number of hydrogen-bond donors (Lipinski definition) is 0. The van der Waals surface area contributed by atoms with Crippen molar-refractivity contribution in [3.8, 4) is 17.0 Å². The van der Waals surface area contributed by atoms with Gasteiger partial charge in [-0.2, -0.15) is 0 Å². The summed E-state index contributed by atoms with van der Waals surface area (Å²) < 4.78 is 13.5. The Kier molecular flexibility index (Phi) is 6.01. The van der Waals surface area contributed by atoms with Gasteiger partial charge in [-0.05, 0) is 57.0 Å². The molecule has 1 fully saturated rings. The van der Waals surface area contributed by atoms with Gasteiger partial charge in [-0.1, -0.05) is 12.1 Å². The van der Waals surface area contributed by atoms with E-state index in [-0.39, 0.29) is 0 Å². The number of benzene rings is 1. The van der Waals surface area contributed by atoms with Gasteiger partial charge in [0.1, 0.15) is 0 Å². The average Bonchev–Trinajstić information content (AvgIpc) is 3.21. The lowest BCUT2D eigenvalue weighted by Crippen LogP contribution is -2.15. The molecule has 0 N–H and O–H groups in total. The zero-order valence-corrected chi connectivity index (χ0v) is 18.7. The Bertz CT molecular complexity index is 1200. The molecule has 0 amide bonds. The van der Waals surface area contributed by atoms with Gasteiger partial charge in [0.2, 0.25) is 11.7 Å². The number of ether oxygens (including phenoxy) is 2. The van der Waals surface area contributed by atoms with E-state index in [9.17, 15) is 0 Å². The summed E-state index contributed by atoms with van der Waals surface area (Å²) in [5, 5.41) is 0. The zero-order valence-electron chi connectivity index (χ0n) is 18.7. The van der Waals surface area contributed by atoms with Crippen LogP contribution in [0.5, 0.6) is 5.88 Å². The van der Waals surface area contributed by atoms with Crippen LogP contribution < -0.4 is 4.74 Å². The summed E-state index contributed by atoms with van der Waals surface area (Å²) in [6, 6.07) is 10.4. The number of aromatic nitrogens is 4. The SMILES string of the molecule is CN(C)CCCOc1ccc(-c2cnc3nc4cccc(C5CCOCC5)c4n3c2)cn1. The minimum absolute atomic E-state index is 0.488. The molecule has 4 heterocycles. The summed E-state index contributed by atoms with van der Waals surface area (Å²) in [5.41, 5.74) is 5.48. The fraction of sp³-hybridized carbons (Fsp3) is 0.400. The molecule has 7 heteroatoms. The van der Waals surface area contributed by atoms with Crippen LogP contribution >= 0.6 is 0 Å². The normalized spacial score (nSPS) is 15.1. The van der Waals surface area contributed by atoms with Crippen LogP contribution in [0.4, 0.5) is 0 Å². The van der Waals surface area contributed by atoms with Crippen LogP contribution in [0.15, 0.2) is 48.9 Å². The van der Waals surface area contributed by atoms with Gasteiger partial charge >= 0.3 is 0 Å². The van der Waals surface area contributed by atoms with E-state index in [0.717, 1.165) is 67.0 Å². The van der Waals surface area contributed by atoms with E-state index in [1.54, 1.807) is 0 Å². The molecule has 1 saturated heterocycles. The Morgan fingerprint density at radius 1 is 1.06 bits per heavy atom. The number of nitrogens with zero attached hydrogens (tertiary/aromatic N) is 5. The molecule has 0 unspecified atom stereocenters. The van der Waals surface area contributed by atoms with Crippen molar-refractivity contribution in [2.24, 2.45) is 0 Å². The summed E-state index contributed by atoms with van der Waals surface area (Å²) in [5.74, 6) is 1.86. The highest BCUT2D eigenvalue weighted by molar-refractivity contribution is 5.84. The summed E-state index contributed by atoms with van der Waals surface area (Å²) in [4.78, 5) is 16.0. The lowest BCUT2D eigenvalue weighted by atomic mass is 9.91. The largest absolute Gasteiger partial charge is 0.478 e. The van der Waals surface area contributed by atoms with E-state index in [2.05, 4.69) is 57.8 Å². The Hall–Kier alpha value is -3.03. The zero-order chi connectivity index (χ0) is 21.9. The van der Waals surface area contributed by atoms with Crippen LogP contribution in [-0.2, 0) is 4.74 Å². The van der Waals surface area contributed by atoms with Gasteiger partial charge in [0.25, 0.3) is 0 Å². The highest BCUT2D eigenvalue weighted by atomic mass is 16.5. The quantitative estimate of drug-likeness (QED) is 0.409. The Morgan fingerprint density at radius 2 is 1.91 bits per heavy atom. The first-order valence-electron chi connectivity index (χ1n) is 11.3. The highest BCUT2D eigenvalue weighted by Gasteiger charge is 2.21. The molecule has 5 rings (SSSR count). The number of para-hydroxylation sites is 1. The lowest BCUT2D eigenvalue weighted by molar-refractivity contribution is 0.0855. The van der Waals surface area contributed by atoms with Crippen molar-refractivity contribution < 1.29 is 9.47 Å². The molecule has 7 nitrogen and oxygen atoms in total. The Morgan fingerprint density at radius 3 is 2.69 bits per heavy atom. The van der Waals surface area contributed by atoms with E-state index < -0.39 is 0 Å². The van der Waals surface area contributed by atoms with Gasteiger partial charge in [0.05, 0.1) is 17.6 Å². The predicted molar refractivity (Wildman–Crippen MR) is 125 cm³/mol. The Labute approximate surface area is 188 Å². The lowest BCUT2D eigenvalue weighted by Gasteiger charge is -2.23. The summed E-state index contributed by atoms with van der Waals surface area (Å²) in [7, 11) is 4.13. The molecule has 0 atom stereocenters. The third-order valence-corrected chi connectivity index (χ3v) is 6.04. The average molecular weight is 432 g/mol. The molecule has 3 aromatic heterocycles. The maximum absolute atomic E-state index is 5.77. The first kappa shape index (κ1) is 20.8. The number of fused-ring (bicyclic) bond motifs is 3. The van der Waals surface area contributed by atoms with Gasteiger partial charge in [-0.3, -0.25) is 4.40 Å². The van der Waals surface area contributed by atoms with Crippen molar-refractivity contribution in [2.75, 3.05) is 40.5 Å². The third kappa shape index (κ3) is 4.31. The molecule has 1 aromatic carbocycles. The third-order valence-electron chi connectivity index (χ3n) is 6.04. The molecule has 1 aliphatic heterocycles. The van der Waals surface area contributed by atoms with Crippen molar-refractivity contribution in [3.05, 3.63) is 54.5 Å². The molecule has 0 radical (unpaired) electrons. The molecular formula is C25H29N5O2. The smallest absolute Gasteiger partial charge is 0.234 e. The standard InChI is InChI=1S/C25H29N5O2/c1-29(2)11-4-12-32-23-8-7-19(15-26-23)20-16-27-25-28-22-6-3-5-21(24(22)30(25)17-20)18-9-13-31-14-10-18/h3,5-8,15-18H,4,9-14H2,1-2H3. The van der Waals surface area contributed by atoms with Crippen molar-refractivity contribution in [2.45, 2.75) is 25.2 Å². The summed E-state index contributed by atoms with van der Waals surface area (Å²) >= 11 is 0. The molecule has 4 aromatic rings. The molecule has 32 heavy (non-hydrogen) atoms. The second kappa shape index (κ2) is 9.22. The number of rotatable bonds is 7. The van der Waals surface area contributed by atoms with Gasteiger partial charge < -0.3 is 14.4 Å². The van der Waals surface area contributed by atoms with Crippen molar-refractivity contribution >= 4 is 16.8 Å². The fourth-order valence-corrected chi connectivity index (χ4v) is 4.36. The number of hydrogen-bond acceptors (Lipinski definition) is 6. The topological polar surface area (TPSA) is 64.8 Å². The van der Waals surface area contributed by atoms with Crippen LogP contribution in [0.3, 0.4) is 0 Å². The van der Waals surface area contributed by atoms with Crippen LogP contribution in [-0.4, -0.2) is 64.7 Å². The van der Waals surface area contributed by atoms with E-state index in [4.69, 9.17) is 14.5 Å². The second-order valence-corrected chi connectivity index (χ2v) is 8.62. The molecule has 0 spiro atoms. The van der Waals surface area contributed by atoms with Gasteiger partial charge in [0, 0.05) is 55.5 Å². The number of pyridine rings is 1. The minimum Gasteiger partial charge on any atom is -0.478 e. The van der Waals surface area contributed by atoms with Crippen LogP contribution in [0, 0.1) is 0 Å². The van der Waals surface area contributed by atoms with Gasteiger partial charge in [-0.25, -0.2) is 15.0 Å². The van der Waals surface area contributed by atoms with Gasteiger partial charge in [0.15, 0.2) is 0 Å². The first-order valence-corrected chi connectivity index (χ1v) is 11.3. The van der Waals surface area contributed by atoms with E-state index in [0.29, 0.717) is 18.4 Å². The molecule has 0 aliphatic carbocycles. The maximum Gasteiger partial charge on any atom is 0.234 e. The molecule has 0 bridgehead atoms. The Balaban J connectivity index is 1.43. The summed E-state index contributed by atoms with van der Waals surface area (Å²) in [6.45, 7) is 3.29. The molecule has 1 aliphatic rings. The summed E-state index contributed by atoms with van der Waals surface area (Å²) in [6.07, 6.45) is 8.89.